The van der Waals surface area contributed by atoms with E-state index < -0.39 is 6.29 Å². The van der Waals surface area contributed by atoms with Crippen molar-refractivity contribution in [1.29, 1.82) is 0 Å². The maximum atomic E-state index is 9.49. The van der Waals surface area contributed by atoms with Gasteiger partial charge >= 0.3 is 0 Å². The third kappa shape index (κ3) is 3.54. The van der Waals surface area contributed by atoms with E-state index in [1.165, 1.54) is 7.11 Å². The Balaban J connectivity index is 2.10. The van der Waals surface area contributed by atoms with E-state index in [2.05, 4.69) is 0 Å². The van der Waals surface area contributed by atoms with E-state index >= 15 is 0 Å². The smallest absolute Gasteiger partial charge is 0.180 e. The van der Waals surface area contributed by atoms with Crippen LogP contribution in [0.1, 0.15) is 17.4 Å². The highest BCUT2D eigenvalue weighted by Gasteiger charge is 2.05. The van der Waals surface area contributed by atoms with Gasteiger partial charge in [0.2, 0.25) is 0 Å². The van der Waals surface area contributed by atoms with Gasteiger partial charge in [-0.1, -0.05) is 24.3 Å². The predicted octanol–water partition coefficient (Wildman–Crippen LogP) is 2.61. The molecule has 0 aromatic heterocycles. The summed E-state index contributed by atoms with van der Waals surface area (Å²) in [5, 5.41) is 18.5. The van der Waals surface area contributed by atoms with Gasteiger partial charge in [0.15, 0.2) is 6.29 Å². The van der Waals surface area contributed by atoms with Gasteiger partial charge in [-0.25, -0.2) is 0 Å². The summed E-state index contributed by atoms with van der Waals surface area (Å²) in [6.07, 6.45) is -0.924. The van der Waals surface area contributed by atoms with Crippen LogP contribution in [0.3, 0.4) is 0 Å². The third-order valence-electron chi connectivity index (χ3n) is 2.71. The minimum Gasteiger partial charge on any atom is -0.457 e. The Hall–Kier alpha value is -1.88. The summed E-state index contributed by atoms with van der Waals surface area (Å²) >= 11 is 0. The number of ether oxygens (including phenoxy) is 2. The molecule has 0 aliphatic carbocycles. The first kappa shape index (κ1) is 13.5. The van der Waals surface area contributed by atoms with Crippen LogP contribution in [-0.4, -0.2) is 17.3 Å². The summed E-state index contributed by atoms with van der Waals surface area (Å²) in [4.78, 5) is 0. The standard InChI is InChI=1S/C15H16O4/c1-18-15(17)12-5-7-13(8-6-12)19-14-4-2-3-11(9-14)10-16/h2-9,15-17H,10H2,1H3. The normalized spacial score (nSPS) is 12.2. The second-order valence-electron chi connectivity index (χ2n) is 4.06. The molecule has 2 aromatic rings. The van der Waals surface area contributed by atoms with Gasteiger partial charge in [-0.2, -0.15) is 0 Å². The van der Waals surface area contributed by atoms with E-state index in [1.54, 1.807) is 30.3 Å². The van der Waals surface area contributed by atoms with Gasteiger partial charge in [0, 0.05) is 12.7 Å². The minimum absolute atomic E-state index is 0.0177. The first-order valence-electron chi connectivity index (χ1n) is 5.91. The van der Waals surface area contributed by atoms with Crippen LogP contribution in [0.5, 0.6) is 11.5 Å². The van der Waals surface area contributed by atoms with Crippen LogP contribution >= 0.6 is 0 Å². The molecule has 0 aliphatic rings. The fraction of sp³-hybridized carbons (Fsp3) is 0.200. The van der Waals surface area contributed by atoms with Gasteiger partial charge in [0.25, 0.3) is 0 Å². The summed E-state index contributed by atoms with van der Waals surface area (Å²) in [5.74, 6) is 1.31. The van der Waals surface area contributed by atoms with Gasteiger partial charge in [-0.15, -0.1) is 0 Å². The van der Waals surface area contributed by atoms with Gasteiger partial charge in [0.1, 0.15) is 11.5 Å². The van der Waals surface area contributed by atoms with E-state index in [4.69, 9.17) is 14.6 Å². The molecule has 4 nitrogen and oxygen atoms in total. The number of aliphatic hydroxyl groups excluding tert-OH is 2. The van der Waals surface area contributed by atoms with E-state index in [9.17, 15) is 5.11 Å². The van der Waals surface area contributed by atoms with E-state index in [-0.39, 0.29) is 6.61 Å². The van der Waals surface area contributed by atoms with Crippen LogP contribution in [0.4, 0.5) is 0 Å². The summed E-state index contributed by atoms with van der Waals surface area (Å²) in [5.41, 5.74) is 1.46. The number of methoxy groups -OCH3 is 1. The molecule has 100 valence electrons. The quantitative estimate of drug-likeness (QED) is 0.811. The number of hydrogen-bond donors (Lipinski definition) is 2. The number of aliphatic hydroxyl groups is 2. The maximum absolute atomic E-state index is 9.49. The summed E-state index contributed by atoms with van der Waals surface area (Å²) < 4.78 is 10.5. The molecule has 2 aromatic carbocycles. The van der Waals surface area contributed by atoms with Gasteiger partial charge < -0.3 is 19.7 Å². The largest absolute Gasteiger partial charge is 0.457 e. The minimum atomic E-state index is -0.924. The van der Waals surface area contributed by atoms with E-state index in [1.807, 2.05) is 18.2 Å². The highest BCUT2D eigenvalue weighted by molar-refractivity contribution is 5.35. The molecule has 19 heavy (non-hydrogen) atoms. The van der Waals surface area contributed by atoms with Crippen LogP contribution in [0.2, 0.25) is 0 Å². The summed E-state index contributed by atoms with van der Waals surface area (Å²) in [6.45, 7) is -0.0177. The molecule has 0 fully saturated rings. The molecule has 0 spiro atoms. The van der Waals surface area contributed by atoms with Crippen molar-refractivity contribution in [2.24, 2.45) is 0 Å². The fourth-order valence-corrected chi connectivity index (χ4v) is 1.68. The zero-order chi connectivity index (χ0) is 13.7. The molecule has 0 bridgehead atoms. The highest BCUT2D eigenvalue weighted by atomic mass is 16.6. The first-order valence-corrected chi connectivity index (χ1v) is 5.91. The molecule has 2 rings (SSSR count). The third-order valence-corrected chi connectivity index (χ3v) is 2.71. The highest BCUT2D eigenvalue weighted by Crippen LogP contribution is 2.24. The maximum Gasteiger partial charge on any atom is 0.180 e. The van der Waals surface area contributed by atoms with Crippen molar-refractivity contribution in [2.45, 2.75) is 12.9 Å². The van der Waals surface area contributed by atoms with Crippen molar-refractivity contribution < 1.29 is 19.7 Å². The van der Waals surface area contributed by atoms with Gasteiger partial charge in [-0.05, 0) is 29.8 Å². The Morgan fingerprint density at radius 1 is 1.05 bits per heavy atom. The number of rotatable bonds is 5. The SMILES string of the molecule is COC(O)c1ccc(Oc2cccc(CO)c2)cc1. The molecular formula is C15H16O4. The Kier molecular flexibility index (Phi) is 4.52. The predicted molar refractivity (Wildman–Crippen MR) is 70.8 cm³/mol. The Morgan fingerprint density at radius 3 is 2.42 bits per heavy atom. The molecule has 1 atom stereocenters. The van der Waals surface area contributed by atoms with Crippen LogP contribution < -0.4 is 4.74 Å². The van der Waals surface area contributed by atoms with Crippen LogP contribution in [-0.2, 0) is 11.3 Å². The average Bonchev–Trinajstić information content (AvgIpc) is 2.47. The monoisotopic (exact) mass is 260 g/mol. The van der Waals surface area contributed by atoms with Crippen LogP contribution in [0, 0.1) is 0 Å². The molecular weight excluding hydrogens is 244 g/mol. The molecule has 2 N–H and O–H groups in total. The van der Waals surface area contributed by atoms with Crippen molar-refractivity contribution in [3.05, 3.63) is 59.7 Å². The zero-order valence-electron chi connectivity index (χ0n) is 10.6. The lowest BCUT2D eigenvalue weighted by Gasteiger charge is -2.10. The van der Waals surface area contributed by atoms with Crippen molar-refractivity contribution >= 4 is 0 Å². The van der Waals surface area contributed by atoms with Gasteiger partial charge in [-0.3, -0.25) is 0 Å². The lowest BCUT2D eigenvalue weighted by molar-refractivity contribution is -0.0769. The second-order valence-corrected chi connectivity index (χ2v) is 4.06. The zero-order valence-corrected chi connectivity index (χ0v) is 10.6. The average molecular weight is 260 g/mol. The summed E-state index contributed by atoms with van der Waals surface area (Å²) in [7, 11) is 1.44. The lowest BCUT2D eigenvalue weighted by Crippen LogP contribution is -1.98. The number of hydrogen-bond acceptors (Lipinski definition) is 4. The van der Waals surface area contributed by atoms with Crippen molar-refractivity contribution in [3.8, 4) is 11.5 Å². The van der Waals surface area contributed by atoms with Gasteiger partial charge in [0.05, 0.1) is 6.61 Å². The molecule has 0 heterocycles. The van der Waals surface area contributed by atoms with E-state index in [0.29, 0.717) is 17.1 Å². The molecule has 0 saturated carbocycles. The Morgan fingerprint density at radius 2 is 1.79 bits per heavy atom. The van der Waals surface area contributed by atoms with Crippen LogP contribution in [0.25, 0.3) is 0 Å². The number of benzene rings is 2. The Bertz CT molecular complexity index is 522. The molecule has 0 saturated heterocycles. The van der Waals surface area contributed by atoms with Crippen LogP contribution in [0.15, 0.2) is 48.5 Å². The molecule has 0 radical (unpaired) electrons. The molecule has 0 amide bonds. The second kappa shape index (κ2) is 6.33. The molecule has 0 aliphatic heterocycles. The van der Waals surface area contributed by atoms with E-state index in [0.717, 1.165) is 5.56 Å². The molecule has 1 unspecified atom stereocenters. The summed E-state index contributed by atoms with van der Waals surface area (Å²) in [6, 6.07) is 14.2. The first-order chi connectivity index (χ1) is 9.22. The lowest BCUT2D eigenvalue weighted by atomic mass is 10.2. The molecule has 4 heteroatoms. The van der Waals surface area contributed by atoms with Crippen molar-refractivity contribution in [1.82, 2.24) is 0 Å². The topological polar surface area (TPSA) is 58.9 Å². The Labute approximate surface area is 111 Å². The van der Waals surface area contributed by atoms with Crippen molar-refractivity contribution in [2.75, 3.05) is 7.11 Å². The fourth-order valence-electron chi connectivity index (χ4n) is 1.68. The van der Waals surface area contributed by atoms with Crippen molar-refractivity contribution in [3.63, 3.8) is 0 Å².